The van der Waals surface area contributed by atoms with E-state index < -0.39 is 0 Å². The van der Waals surface area contributed by atoms with Crippen molar-refractivity contribution in [2.45, 2.75) is 25.8 Å². The molecular weight excluding hydrogens is 302 g/mol. The van der Waals surface area contributed by atoms with Gasteiger partial charge < -0.3 is 11.5 Å². The van der Waals surface area contributed by atoms with Gasteiger partial charge in [-0.25, -0.2) is 4.98 Å². The van der Waals surface area contributed by atoms with Crippen molar-refractivity contribution in [3.05, 3.63) is 32.9 Å². The summed E-state index contributed by atoms with van der Waals surface area (Å²) in [5.41, 5.74) is 12.2. The average Bonchev–Trinajstić information content (AvgIpc) is 3.01. The molecule has 0 atom stereocenters. The van der Waals surface area contributed by atoms with Gasteiger partial charge in [-0.1, -0.05) is 0 Å². The Hall–Kier alpha value is -2.55. The predicted octanol–water partition coefficient (Wildman–Crippen LogP) is 0.344. The van der Waals surface area contributed by atoms with Crippen molar-refractivity contribution in [1.29, 1.82) is 0 Å². The number of aromatic nitrogens is 5. The number of hydrogen-bond donors (Lipinski definition) is 2. The van der Waals surface area contributed by atoms with Crippen LogP contribution in [0, 0.1) is 0 Å². The maximum atomic E-state index is 12.7. The molecule has 0 amide bonds. The Kier molecular flexibility index (Phi) is 2.83. The second kappa shape index (κ2) is 4.73. The third-order valence-corrected chi connectivity index (χ3v) is 4.92. The highest BCUT2D eigenvalue weighted by Gasteiger charge is 2.21. The molecule has 4 N–H and O–H groups in total. The number of fused-ring (bicyclic) bond motifs is 3. The van der Waals surface area contributed by atoms with Crippen LogP contribution in [0.3, 0.4) is 0 Å². The maximum absolute atomic E-state index is 12.7. The SMILES string of the molecule is Nc1nc(N)nc(Cn2cnc3sc4c(c3c2=O)CCC4)n1. The molecular formula is C13H13N7OS. The maximum Gasteiger partial charge on any atom is 0.262 e. The summed E-state index contributed by atoms with van der Waals surface area (Å²) in [6, 6.07) is 0. The zero-order chi connectivity index (χ0) is 15.3. The van der Waals surface area contributed by atoms with Crippen molar-refractivity contribution < 1.29 is 0 Å². The minimum Gasteiger partial charge on any atom is -0.368 e. The van der Waals surface area contributed by atoms with Gasteiger partial charge in [-0.15, -0.1) is 11.3 Å². The molecule has 22 heavy (non-hydrogen) atoms. The van der Waals surface area contributed by atoms with Crippen LogP contribution in [0.2, 0.25) is 0 Å². The zero-order valence-electron chi connectivity index (χ0n) is 11.6. The van der Waals surface area contributed by atoms with Crippen LogP contribution < -0.4 is 17.0 Å². The van der Waals surface area contributed by atoms with E-state index in [0.29, 0.717) is 5.82 Å². The van der Waals surface area contributed by atoms with Gasteiger partial charge in [-0.3, -0.25) is 9.36 Å². The largest absolute Gasteiger partial charge is 0.368 e. The van der Waals surface area contributed by atoms with Gasteiger partial charge in [0.2, 0.25) is 11.9 Å². The third kappa shape index (κ3) is 2.01. The molecule has 0 bridgehead atoms. The molecule has 0 unspecified atom stereocenters. The topological polar surface area (TPSA) is 126 Å². The summed E-state index contributed by atoms with van der Waals surface area (Å²) in [6.45, 7) is 0.170. The Bertz CT molecular complexity index is 925. The number of rotatable bonds is 2. The van der Waals surface area contributed by atoms with Crippen LogP contribution in [0.15, 0.2) is 11.1 Å². The number of hydrogen-bond acceptors (Lipinski definition) is 8. The van der Waals surface area contributed by atoms with Gasteiger partial charge in [0.15, 0.2) is 5.82 Å². The fourth-order valence-electron chi connectivity index (χ4n) is 2.81. The first kappa shape index (κ1) is 13.1. The summed E-state index contributed by atoms with van der Waals surface area (Å²) in [7, 11) is 0. The molecule has 1 aliphatic carbocycles. The molecule has 0 spiro atoms. The van der Waals surface area contributed by atoms with Crippen molar-refractivity contribution in [1.82, 2.24) is 24.5 Å². The smallest absolute Gasteiger partial charge is 0.262 e. The Balaban J connectivity index is 1.82. The third-order valence-electron chi connectivity index (χ3n) is 3.72. The van der Waals surface area contributed by atoms with Crippen molar-refractivity contribution in [3.8, 4) is 0 Å². The quantitative estimate of drug-likeness (QED) is 0.698. The van der Waals surface area contributed by atoms with E-state index in [1.54, 1.807) is 11.3 Å². The second-order valence-electron chi connectivity index (χ2n) is 5.18. The minimum atomic E-state index is -0.0676. The number of thiophene rings is 1. The molecule has 112 valence electrons. The van der Waals surface area contributed by atoms with Crippen molar-refractivity contribution >= 4 is 33.5 Å². The van der Waals surface area contributed by atoms with E-state index in [0.717, 1.165) is 35.0 Å². The van der Waals surface area contributed by atoms with Gasteiger partial charge in [-0.05, 0) is 24.8 Å². The molecule has 0 fully saturated rings. The zero-order valence-corrected chi connectivity index (χ0v) is 12.4. The van der Waals surface area contributed by atoms with Crippen LogP contribution in [-0.4, -0.2) is 24.5 Å². The molecule has 9 heteroatoms. The summed E-state index contributed by atoms with van der Waals surface area (Å²) in [5.74, 6) is 0.433. The van der Waals surface area contributed by atoms with Crippen LogP contribution in [0.25, 0.3) is 10.2 Å². The summed E-state index contributed by atoms with van der Waals surface area (Å²) < 4.78 is 1.49. The monoisotopic (exact) mass is 315 g/mol. The second-order valence-corrected chi connectivity index (χ2v) is 6.27. The number of nitrogens with zero attached hydrogens (tertiary/aromatic N) is 5. The molecule has 3 aromatic rings. The van der Waals surface area contributed by atoms with Crippen LogP contribution in [0.4, 0.5) is 11.9 Å². The van der Waals surface area contributed by atoms with Crippen LogP contribution >= 0.6 is 11.3 Å². The molecule has 0 radical (unpaired) electrons. The Morgan fingerprint density at radius 3 is 2.73 bits per heavy atom. The van der Waals surface area contributed by atoms with E-state index in [9.17, 15) is 4.79 Å². The standard InChI is InChI=1S/C13H13N7OS/c14-12-17-8(18-13(15)19-12)4-20-5-16-10-9(11(20)21)6-2-1-3-7(6)22-10/h5H,1-4H2,(H4,14,15,17,18,19). The lowest BCUT2D eigenvalue weighted by molar-refractivity contribution is 0.704. The highest BCUT2D eigenvalue weighted by atomic mass is 32.1. The van der Waals surface area contributed by atoms with E-state index in [1.165, 1.54) is 15.8 Å². The number of nitrogen functional groups attached to an aromatic ring is 2. The fourth-order valence-corrected chi connectivity index (χ4v) is 4.03. The van der Waals surface area contributed by atoms with Crippen molar-refractivity contribution in [2.24, 2.45) is 0 Å². The first-order valence-electron chi connectivity index (χ1n) is 6.87. The van der Waals surface area contributed by atoms with Crippen LogP contribution in [0.5, 0.6) is 0 Å². The number of aryl methyl sites for hydroxylation is 2. The lowest BCUT2D eigenvalue weighted by Crippen LogP contribution is -2.23. The Morgan fingerprint density at radius 2 is 1.95 bits per heavy atom. The van der Waals surface area contributed by atoms with Crippen molar-refractivity contribution in [3.63, 3.8) is 0 Å². The molecule has 3 aromatic heterocycles. The van der Waals surface area contributed by atoms with Crippen LogP contribution in [0.1, 0.15) is 22.7 Å². The molecule has 4 rings (SSSR count). The highest BCUT2D eigenvalue weighted by molar-refractivity contribution is 7.18. The Morgan fingerprint density at radius 1 is 1.18 bits per heavy atom. The van der Waals surface area contributed by atoms with E-state index in [-0.39, 0.29) is 24.0 Å². The molecule has 8 nitrogen and oxygen atoms in total. The Labute approximate surface area is 128 Å². The van der Waals surface area contributed by atoms with E-state index in [2.05, 4.69) is 19.9 Å². The lowest BCUT2D eigenvalue weighted by Gasteiger charge is -2.05. The van der Waals surface area contributed by atoms with Gasteiger partial charge in [0.25, 0.3) is 5.56 Å². The minimum absolute atomic E-state index is 0.0426. The molecule has 1 aliphatic rings. The summed E-state index contributed by atoms with van der Waals surface area (Å²) in [6.07, 6.45) is 4.61. The molecule has 0 saturated carbocycles. The lowest BCUT2D eigenvalue weighted by atomic mass is 10.2. The number of nitrogens with two attached hydrogens (primary N) is 2. The highest BCUT2D eigenvalue weighted by Crippen LogP contribution is 2.34. The average molecular weight is 315 g/mol. The molecule has 0 aromatic carbocycles. The summed E-state index contributed by atoms with van der Waals surface area (Å²) in [4.78, 5) is 30.9. The van der Waals surface area contributed by atoms with Gasteiger partial charge in [-0.2, -0.15) is 15.0 Å². The first-order valence-corrected chi connectivity index (χ1v) is 7.69. The summed E-state index contributed by atoms with van der Waals surface area (Å²) >= 11 is 1.61. The predicted molar refractivity (Wildman–Crippen MR) is 83.7 cm³/mol. The normalized spacial score (nSPS) is 13.6. The number of anilines is 2. The summed E-state index contributed by atoms with van der Waals surface area (Å²) in [5, 5.41) is 0.731. The van der Waals surface area contributed by atoms with Gasteiger partial charge in [0.1, 0.15) is 4.83 Å². The fraction of sp³-hybridized carbons (Fsp3) is 0.308. The van der Waals surface area contributed by atoms with E-state index in [4.69, 9.17) is 11.5 Å². The van der Waals surface area contributed by atoms with E-state index in [1.807, 2.05) is 0 Å². The van der Waals surface area contributed by atoms with E-state index >= 15 is 0 Å². The molecule has 3 heterocycles. The van der Waals surface area contributed by atoms with Gasteiger partial charge in [0, 0.05) is 4.88 Å². The van der Waals surface area contributed by atoms with Crippen molar-refractivity contribution in [2.75, 3.05) is 11.5 Å². The first-order chi connectivity index (χ1) is 10.6. The van der Waals surface area contributed by atoms with Gasteiger partial charge in [0.05, 0.1) is 18.3 Å². The van der Waals surface area contributed by atoms with Gasteiger partial charge >= 0.3 is 0 Å². The molecule has 0 saturated heterocycles. The molecule has 0 aliphatic heterocycles. The van der Waals surface area contributed by atoms with Crippen LogP contribution in [-0.2, 0) is 19.4 Å².